The number of carbonyl (C=O) groups is 1. The van der Waals surface area contributed by atoms with Gasteiger partial charge < -0.3 is 14.0 Å². The van der Waals surface area contributed by atoms with Crippen molar-refractivity contribution < 1.29 is 18.8 Å². The van der Waals surface area contributed by atoms with Crippen molar-refractivity contribution in [2.24, 2.45) is 5.41 Å². The molecule has 1 fully saturated rings. The minimum absolute atomic E-state index is 0.0303. The van der Waals surface area contributed by atoms with Gasteiger partial charge in [-0.3, -0.25) is 4.79 Å². The van der Waals surface area contributed by atoms with Crippen LogP contribution in [-0.2, 0) is 27.1 Å². The maximum absolute atomic E-state index is 12.9. The molecule has 0 radical (unpaired) electrons. The first-order valence-corrected chi connectivity index (χ1v) is 11.0. The van der Waals surface area contributed by atoms with Crippen LogP contribution in [0.4, 0.5) is 0 Å². The lowest BCUT2D eigenvalue weighted by molar-refractivity contribution is -0.147. The summed E-state index contributed by atoms with van der Waals surface area (Å²) in [6, 6.07) is 0. The summed E-state index contributed by atoms with van der Waals surface area (Å²) in [6.45, 7) is 9.79. The lowest BCUT2D eigenvalue weighted by Crippen LogP contribution is -2.30. The molecule has 2 heterocycles. The molecule has 0 amide bonds. The highest BCUT2D eigenvalue weighted by molar-refractivity contribution is 5.98. The van der Waals surface area contributed by atoms with Gasteiger partial charge >= 0.3 is 0 Å². The van der Waals surface area contributed by atoms with Crippen molar-refractivity contribution in [2.45, 2.75) is 84.8 Å². The zero-order chi connectivity index (χ0) is 20.6. The third-order valence-electron chi connectivity index (χ3n) is 6.96. The molecule has 2 aliphatic carbocycles. The molecule has 0 saturated carbocycles. The number of aryl methyl sites for hydroxylation is 2. The average Bonchev–Trinajstić information content (AvgIpc) is 3.25. The molecule has 1 saturated heterocycles. The summed E-state index contributed by atoms with van der Waals surface area (Å²) in [6.07, 6.45) is 9.18. The van der Waals surface area contributed by atoms with Gasteiger partial charge in [0.25, 0.3) is 0 Å². The monoisotopic (exact) mass is 399 g/mol. The van der Waals surface area contributed by atoms with E-state index in [1.807, 2.05) is 13.8 Å². The number of hydrogen-bond donors (Lipinski definition) is 0. The van der Waals surface area contributed by atoms with E-state index in [1.165, 1.54) is 11.1 Å². The van der Waals surface area contributed by atoms with Crippen LogP contribution >= 0.6 is 0 Å². The summed E-state index contributed by atoms with van der Waals surface area (Å²) in [5.74, 6) is 0.657. The molecule has 1 aromatic heterocycles. The number of ether oxygens (including phenoxy) is 2. The SMILES string of the molecule is CC1=C[C@]2(C)CCC(=O)C(Cc3c(CCCC4(C)OCCO4)noc3C)=C2CC1. The van der Waals surface area contributed by atoms with E-state index in [2.05, 4.69) is 25.1 Å². The average molecular weight is 400 g/mol. The molecule has 1 aromatic rings. The standard InChI is InChI=1S/C24H33NO4/c1-16-7-8-20-19(22(26)9-11-23(20,3)15-16)14-18-17(2)29-25-21(18)6-5-10-24(4)27-12-13-28-24/h15H,5-14H2,1-4H3/t23-/m0/s1. The molecule has 158 valence electrons. The van der Waals surface area contributed by atoms with Gasteiger partial charge in [-0.1, -0.05) is 29.3 Å². The number of Topliss-reactive ketones (excluding diaryl/α,β-unsaturated/α-hetero) is 1. The van der Waals surface area contributed by atoms with E-state index in [0.29, 0.717) is 31.8 Å². The zero-order valence-electron chi connectivity index (χ0n) is 18.2. The topological polar surface area (TPSA) is 61.6 Å². The van der Waals surface area contributed by atoms with Crippen molar-refractivity contribution in [3.63, 3.8) is 0 Å². The van der Waals surface area contributed by atoms with Gasteiger partial charge in [0.05, 0.1) is 18.9 Å². The number of hydrogen-bond acceptors (Lipinski definition) is 5. The second-order valence-electron chi connectivity index (χ2n) is 9.31. The lowest BCUT2D eigenvalue weighted by atomic mass is 9.65. The van der Waals surface area contributed by atoms with E-state index in [-0.39, 0.29) is 5.41 Å². The van der Waals surface area contributed by atoms with Gasteiger partial charge in [-0.25, -0.2) is 0 Å². The Bertz CT molecular complexity index is 856. The van der Waals surface area contributed by atoms with Crippen molar-refractivity contribution >= 4 is 5.78 Å². The zero-order valence-corrected chi connectivity index (χ0v) is 18.2. The Balaban J connectivity index is 1.54. The van der Waals surface area contributed by atoms with Gasteiger partial charge in [-0.2, -0.15) is 0 Å². The molecule has 0 spiro atoms. The Morgan fingerprint density at radius 3 is 2.62 bits per heavy atom. The summed E-state index contributed by atoms with van der Waals surface area (Å²) < 4.78 is 16.9. The van der Waals surface area contributed by atoms with E-state index in [0.717, 1.165) is 61.1 Å². The van der Waals surface area contributed by atoms with Crippen LogP contribution < -0.4 is 0 Å². The molecular formula is C24H33NO4. The van der Waals surface area contributed by atoms with E-state index >= 15 is 0 Å². The molecule has 0 N–H and O–H groups in total. The van der Waals surface area contributed by atoms with Gasteiger partial charge in [-0.15, -0.1) is 0 Å². The van der Waals surface area contributed by atoms with E-state index in [1.54, 1.807) is 0 Å². The van der Waals surface area contributed by atoms with Crippen molar-refractivity contribution in [1.29, 1.82) is 0 Å². The first-order chi connectivity index (χ1) is 13.8. The Hall–Kier alpha value is -1.72. The lowest BCUT2D eigenvalue weighted by Gasteiger charge is -2.39. The third-order valence-corrected chi connectivity index (χ3v) is 6.96. The predicted molar refractivity (Wildman–Crippen MR) is 111 cm³/mol. The number of nitrogens with zero attached hydrogens (tertiary/aromatic N) is 1. The fourth-order valence-electron chi connectivity index (χ4n) is 5.24. The van der Waals surface area contributed by atoms with E-state index in [4.69, 9.17) is 14.0 Å². The number of aromatic nitrogens is 1. The number of carbonyl (C=O) groups excluding carboxylic acids is 1. The number of allylic oxidation sites excluding steroid dienone is 4. The second kappa shape index (κ2) is 7.84. The summed E-state index contributed by atoms with van der Waals surface area (Å²) in [5, 5.41) is 4.32. The van der Waals surface area contributed by atoms with Crippen LogP contribution in [0.5, 0.6) is 0 Å². The van der Waals surface area contributed by atoms with Gasteiger partial charge in [-0.05, 0) is 58.4 Å². The molecule has 0 unspecified atom stereocenters. The summed E-state index contributed by atoms with van der Waals surface area (Å²) >= 11 is 0. The van der Waals surface area contributed by atoms with Gasteiger partial charge in [0, 0.05) is 30.2 Å². The second-order valence-corrected chi connectivity index (χ2v) is 9.31. The predicted octanol–water partition coefficient (Wildman–Crippen LogP) is 5.02. The molecule has 0 bridgehead atoms. The highest BCUT2D eigenvalue weighted by atomic mass is 16.7. The molecule has 0 aromatic carbocycles. The summed E-state index contributed by atoms with van der Waals surface area (Å²) in [7, 11) is 0. The molecule has 1 aliphatic heterocycles. The van der Waals surface area contributed by atoms with Gasteiger partial charge in [0.15, 0.2) is 11.6 Å². The maximum Gasteiger partial charge on any atom is 0.165 e. The highest BCUT2D eigenvalue weighted by Gasteiger charge is 2.38. The van der Waals surface area contributed by atoms with Crippen LogP contribution in [0.3, 0.4) is 0 Å². The maximum atomic E-state index is 12.9. The minimum atomic E-state index is -0.475. The van der Waals surface area contributed by atoms with Crippen LogP contribution in [0, 0.1) is 12.3 Å². The minimum Gasteiger partial charge on any atom is -0.361 e. The summed E-state index contributed by atoms with van der Waals surface area (Å²) in [4.78, 5) is 12.9. The fourth-order valence-corrected chi connectivity index (χ4v) is 5.24. The van der Waals surface area contributed by atoms with E-state index in [9.17, 15) is 4.79 Å². The molecule has 29 heavy (non-hydrogen) atoms. The number of rotatable bonds is 6. The van der Waals surface area contributed by atoms with Crippen molar-refractivity contribution in [3.05, 3.63) is 39.8 Å². The third kappa shape index (κ3) is 4.13. The Morgan fingerprint density at radius 1 is 1.10 bits per heavy atom. The van der Waals surface area contributed by atoms with Crippen LogP contribution in [0.1, 0.15) is 76.3 Å². The first-order valence-electron chi connectivity index (χ1n) is 11.0. The molecule has 5 nitrogen and oxygen atoms in total. The molecular weight excluding hydrogens is 366 g/mol. The molecule has 5 heteroatoms. The van der Waals surface area contributed by atoms with Crippen LogP contribution in [0.15, 0.2) is 27.3 Å². The highest BCUT2D eigenvalue weighted by Crippen LogP contribution is 2.47. The van der Waals surface area contributed by atoms with Gasteiger partial charge in [0.2, 0.25) is 0 Å². The van der Waals surface area contributed by atoms with E-state index < -0.39 is 5.79 Å². The fraction of sp³-hybridized carbons (Fsp3) is 0.667. The van der Waals surface area contributed by atoms with Gasteiger partial charge in [0.1, 0.15) is 5.76 Å². The Morgan fingerprint density at radius 2 is 1.86 bits per heavy atom. The summed E-state index contributed by atoms with van der Waals surface area (Å²) in [5.41, 5.74) is 5.88. The largest absolute Gasteiger partial charge is 0.361 e. The van der Waals surface area contributed by atoms with Crippen molar-refractivity contribution in [1.82, 2.24) is 5.16 Å². The van der Waals surface area contributed by atoms with Crippen molar-refractivity contribution in [3.8, 4) is 0 Å². The van der Waals surface area contributed by atoms with Crippen LogP contribution in [0.25, 0.3) is 0 Å². The molecule has 1 atom stereocenters. The number of ketones is 1. The first kappa shape index (κ1) is 20.5. The quantitative estimate of drug-likeness (QED) is 0.629. The molecule has 4 rings (SSSR count). The normalized spacial score (nSPS) is 26.6. The smallest absolute Gasteiger partial charge is 0.165 e. The Kier molecular flexibility index (Phi) is 5.56. The van der Waals surface area contributed by atoms with Crippen LogP contribution in [0.2, 0.25) is 0 Å². The molecule has 3 aliphatic rings. The van der Waals surface area contributed by atoms with Crippen LogP contribution in [-0.4, -0.2) is 29.9 Å². The Labute approximate surface area is 173 Å². The van der Waals surface area contributed by atoms with Crippen molar-refractivity contribution in [2.75, 3.05) is 13.2 Å². The number of fused-ring (bicyclic) bond motifs is 1.